The Kier molecular flexibility index (Phi) is 6.06. The van der Waals surface area contributed by atoms with E-state index in [4.69, 9.17) is 0 Å². The van der Waals surface area contributed by atoms with Crippen LogP contribution < -0.4 is 10.6 Å². The molecule has 0 aliphatic rings. The van der Waals surface area contributed by atoms with E-state index < -0.39 is 0 Å². The number of hydrogen-bond acceptors (Lipinski definition) is 6. The zero-order valence-electron chi connectivity index (χ0n) is 13.3. The lowest BCUT2D eigenvalue weighted by molar-refractivity contribution is -0.113. The van der Waals surface area contributed by atoms with Crippen molar-refractivity contribution in [2.45, 2.75) is 11.3 Å². The van der Waals surface area contributed by atoms with Crippen molar-refractivity contribution < 1.29 is 4.79 Å². The molecule has 128 valence electrons. The summed E-state index contributed by atoms with van der Waals surface area (Å²) in [6, 6.07) is 15.5. The highest BCUT2D eigenvalue weighted by Gasteiger charge is 2.09. The molecule has 0 radical (unpaired) electrons. The zero-order chi connectivity index (χ0) is 17.6. The van der Waals surface area contributed by atoms with Crippen LogP contribution in [0.5, 0.6) is 0 Å². The highest BCUT2D eigenvalue weighted by atomic mass is 79.9. The molecule has 8 heteroatoms. The molecule has 0 unspecified atom stereocenters. The van der Waals surface area contributed by atoms with Gasteiger partial charge in [-0.1, -0.05) is 63.3 Å². The number of anilines is 3. The number of hydrogen-bond donors (Lipinski definition) is 2. The molecule has 3 rings (SSSR count). The molecular weight excluding hydrogens is 420 g/mol. The van der Waals surface area contributed by atoms with Gasteiger partial charge in [0, 0.05) is 15.8 Å². The van der Waals surface area contributed by atoms with E-state index in [2.05, 4.69) is 36.8 Å². The maximum absolute atomic E-state index is 12.0. The third kappa shape index (κ3) is 5.29. The van der Waals surface area contributed by atoms with Gasteiger partial charge in [0.05, 0.1) is 5.75 Å². The smallest absolute Gasteiger partial charge is 0.234 e. The summed E-state index contributed by atoms with van der Waals surface area (Å²) in [7, 11) is 0. The van der Waals surface area contributed by atoms with Crippen molar-refractivity contribution in [3.63, 3.8) is 0 Å². The van der Waals surface area contributed by atoms with Gasteiger partial charge < -0.3 is 10.6 Å². The van der Waals surface area contributed by atoms with Crippen molar-refractivity contribution in [2.75, 3.05) is 16.4 Å². The number of thioether (sulfide) groups is 1. The number of aromatic nitrogens is 2. The first-order valence-corrected chi connectivity index (χ1v) is 10.0. The van der Waals surface area contributed by atoms with Gasteiger partial charge in [-0.15, -0.1) is 10.2 Å². The fourth-order valence-corrected chi connectivity index (χ4v) is 4.00. The second-order valence-corrected chi connectivity index (χ2v) is 8.28. The lowest BCUT2D eigenvalue weighted by Gasteiger charge is -2.05. The maximum atomic E-state index is 12.0. The van der Waals surface area contributed by atoms with Crippen LogP contribution in [-0.2, 0) is 4.79 Å². The average molecular weight is 435 g/mol. The molecule has 1 aromatic heterocycles. The molecule has 1 amide bonds. The summed E-state index contributed by atoms with van der Waals surface area (Å²) in [5.74, 6) is 0.206. The second-order valence-electron chi connectivity index (χ2n) is 5.16. The number of nitrogens with zero attached hydrogens (tertiary/aromatic N) is 2. The summed E-state index contributed by atoms with van der Waals surface area (Å²) in [4.78, 5) is 12.0. The fraction of sp³-hybridized carbons (Fsp3) is 0.118. The van der Waals surface area contributed by atoms with Crippen molar-refractivity contribution in [1.29, 1.82) is 0 Å². The van der Waals surface area contributed by atoms with Crippen LogP contribution in [0, 0.1) is 6.92 Å². The summed E-state index contributed by atoms with van der Waals surface area (Å²) in [6.07, 6.45) is 0. The molecule has 0 saturated heterocycles. The minimum absolute atomic E-state index is 0.0771. The van der Waals surface area contributed by atoms with Gasteiger partial charge in [-0.05, 0) is 36.8 Å². The Bertz CT molecular complexity index is 884. The quantitative estimate of drug-likeness (QED) is 0.529. The predicted molar refractivity (Wildman–Crippen MR) is 108 cm³/mol. The lowest BCUT2D eigenvalue weighted by Crippen LogP contribution is -2.13. The van der Waals surface area contributed by atoms with Gasteiger partial charge in [-0.25, -0.2) is 0 Å². The number of halogens is 1. The van der Waals surface area contributed by atoms with Crippen molar-refractivity contribution in [3.8, 4) is 0 Å². The Hall–Kier alpha value is -1.90. The van der Waals surface area contributed by atoms with E-state index in [9.17, 15) is 4.79 Å². The van der Waals surface area contributed by atoms with Crippen LogP contribution in [0.3, 0.4) is 0 Å². The summed E-state index contributed by atoms with van der Waals surface area (Å²) in [5, 5.41) is 15.1. The van der Waals surface area contributed by atoms with Gasteiger partial charge in [-0.2, -0.15) is 0 Å². The van der Waals surface area contributed by atoms with Crippen LogP contribution in [0.2, 0.25) is 0 Å². The molecule has 2 aromatic carbocycles. The molecule has 0 aliphatic carbocycles. The molecular formula is C17H15BrN4OS2. The Labute approximate surface area is 162 Å². The molecule has 0 aliphatic heterocycles. The number of carbonyl (C=O) groups is 1. The van der Waals surface area contributed by atoms with Crippen LogP contribution in [0.4, 0.5) is 16.5 Å². The zero-order valence-corrected chi connectivity index (χ0v) is 16.5. The molecule has 25 heavy (non-hydrogen) atoms. The molecule has 5 nitrogen and oxygen atoms in total. The van der Waals surface area contributed by atoms with E-state index in [1.54, 1.807) is 0 Å². The average Bonchev–Trinajstić information content (AvgIpc) is 3.03. The van der Waals surface area contributed by atoms with Crippen molar-refractivity contribution in [1.82, 2.24) is 10.2 Å². The third-order valence-electron chi connectivity index (χ3n) is 3.23. The number of rotatable bonds is 6. The number of benzene rings is 2. The maximum Gasteiger partial charge on any atom is 0.234 e. The van der Waals surface area contributed by atoms with Crippen molar-refractivity contribution in [3.05, 3.63) is 58.6 Å². The number of aryl methyl sites for hydroxylation is 1. The van der Waals surface area contributed by atoms with E-state index in [0.717, 1.165) is 25.8 Å². The molecule has 0 fully saturated rings. The van der Waals surface area contributed by atoms with E-state index in [1.807, 2.05) is 55.5 Å². The molecule has 1 heterocycles. The standard InChI is InChI=1S/C17H15BrN4OS2/c1-11-5-2-3-8-14(11)20-16-21-22-17(25-16)24-10-15(23)19-13-7-4-6-12(18)9-13/h2-9H,10H2,1H3,(H,19,23)(H,20,21). The van der Waals surface area contributed by atoms with Crippen LogP contribution in [0.25, 0.3) is 0 Å². The summed E-state index contributed by atoms with van der Waals surface area (Å²) >= 11 is 6.18. The Balaban J connectivity index is 1.53. The van der Waals surface area contributed by atoms with Crippen molar-refractivity contribution >= 4 is 61.4 Å². The van der Waals surface area contributed by atoms with Gasteiger partial charge in [0.2, 0.25) is 11.0 Å². The van der Waals surface area contributed by atoms with Gasteiger partial charge >= 0.3 is 0 Å². The lowest BCUT2D eigenvalue weighted by atomic mass is 10.2. The highest BCUT2D eigenvalue weighted by Crippen LogP contribution is 2.28. The Morgan fingerprint density at radius 3 is 2.84 bits per heavy atom. The van der Waals surface area contributed by atoms with Crippen LogP contribution in [0.1, 0.15) is 5.56 Å². The van der Waals surface area contributed by atoms with Gasteiger partial charge in [0.25, 0.3) is 0 Å². The monoisotopic (exact) mass is 434 g/mol. The number of nitrogens with one attached hydrogen (secondary N) is 2. The topological polar surface area (TPSA) is 66.9 Å². The summed E-state index contributed by atoms with van der Waals surface area (Å²) in [6.45, 7) is 2.03. The van der Waals surface area contributed by atoms with E-state index in [1.165, 1.54) is 23.1 Å². The first-order chi connectivity index (χ1) is 12.1. The first kappa shape index (κ1) is 17.9. The molecule has 3 aromatic rings. The van der Waals surface area contributed by atoms with Crippen LogP contribution in [0.15, 0.2) is 57.3 Å². The Morgan fingerprint density at radius 1 is 1.20 bits per heavy atom. The van der Waals surface area contributed by atoms with Crippen LogP contribution in [-0.4, -0.2) is 21.9 Å². The molecule has 2 N–H and O–H groups in total. The number of carbonyl (C=O) groups excluding carboxylic acids is 1. The van der Waals surface area contributed by atoms with Crippen LogP contribution >= 0.6 is 39.0 Å². The van der Waals surface area contributed by atoms with Crippen molar-refractivity contribution in [2.24, 2.45) is 0 Å². The first-order valence-electron chi connectivity index (χ1n) is 7.44. The molecule has 0 bridgehead atoms. The minimum atomic E-state index is -0.0771. The largest absolute Gasteiger partial charge is 0.330 e. The van der Waals surface area contributed by atoms with E-state index >= 15 is 0 Å². The third-order valence-corrected chi connectivity index (χ3v) is 5.69. The van der Waals surface area contributed by atoms with Gasteiger partial charge in [0.15, 0.2) is 4.34 Å². The van der Waals surface area contributed by atoms with E-state index in [-0.39, 0.29) is 11.7 Å². The summed E-state index contributed by atoms with van der Waals surface area (Å²) < 4.78 is 1.68. The molecule has 0 saturated carbocycles. The SMILES string of the molecule is Cc1ccccc1Nc1nnc(SCC(=O)Nc2cccc(Br)c2)s1. The summed E-state index contributed by atoms with van der Waals surface area (Å²) in [5.41, 5.74) is 2.90. The Morgan fingerprint density at radius 2 is 2.04 bits per heavy atom. The van der Waals surface area contributed by atoms with E-state index in [0.29, 0.717) is 5.13 Å². The molecule has 0 spiro atoms. The number of amides is 1. The normalized spacial score (nSPS) is 10.5. The number of para-hydroxylation sites is 1. The predicted octanol–water partition coefficient (Wildman–Crippen LogP) is 5.08. The second kappa shape index (κ2) is 8.46. The highest BCUT2D eigenvalue weighted by molar-refractivity contribution is 9.10. The van der Waals surface area contributed by atoms with Gasteiger partial charge in [0.1, 0.15) is 0 Å². The van der Waals surface area contributed by atoms with Gasteiger partial charge in [-0.3, -0.25) is 4.79 Å². The molecule has 0 atom stereocenters. The fourth-order valence-electron chi connectivity index (χ4n) is 2.04. The minimum Gasteiger partial charge on any atom is -0.330 e.